The zero-order chi connectivity index (χ0) is 12.2. The van der Waals surface area contributed by atoms with Gasteiger partial charge >= 0.3 is 6.18 Å². The third kappa shape index (κ3) is 4.65. The summed E-state index contributed by atoms with van der Waals surface area (Å²) in [6.45, 7) is 4.29. The van der Waals surface area contributed by atoms with E-state index in [9.17, 15) is 13.2 Å². The average molecular weight is 235 g/mol. The van der Waals surface area contributed by atoms with E-state index in [-0.39, 0.29) is 12.6 Å². The molecule has 0 saturated carbocycles. The van der Waals surface area contributed by atoms with Crippen LogP contribution in [0.1, 0.15) is 32.0 Å². The van der Waals surface area contributed by atoms with Crippen molar-refractivity contribution >= 4 is 0 Å². The van der Waals surface area contributed by atoms with E-state index in [2.05, 4.69) is 10.4 Å². The fourth-order valence-electron chi connectivity index (χ4n) is 1.21. The summed E-state index contributed by atoms with van der Waals surface area (Å²) in [4.78, 5) is 0. The van der Waals surface area contributed by atoms with Crippen molar-refractivity contribution in [2.45, 2.75) is 39.0 Å². The van der Waals surface area contributed by atoms with Gasteiger partial charge in [-0.25, -0.2) is 0 Å². The Balaban J connectivity index is 2.27. The molecule has 0 aromatic carbocycles. The van der Waals surface area contributed by atoms with E-state index in [4.69, 9.17) is 0 Å². The van der Waals surface area contributed by atoms with Gasteiger partial charge in [0.15, 0.2) is 0 Å². The Labute approximate surface area is 92.6 Å². The molecule has 1 rings (SSSR count). The van der Waals surface area contributed by atoms with Gasteiger partial charge in [0.2, 0.25) is 0 Å². The lowest BCUT2D eigenvalue weighted by Crippen LogP contribution is -2.21. The van der Waals surface area contributed by atoms with Gasteiger partial charge in [-0.05, 0) is 19.9 Å². The molecule has 92 valence electrons. The van der Waals surface area contributed by atoms with Crippen molar-refractivity contribution in [2.24, 2.45) is 0 Å². The number of aromatic nitrogens is 2. The molecule has 0 unspecified atom stereocenters. The summed E-state index contributed by atoms with van der Waals surface area (Å²) >= 11 is 0. The molecule has 0 fully saturated rings. The second-order valence-corrected chi connectivity index (χ2v) is 3.92. The standard InChI is InChI=1S/C10H16F3N3/c1-8(2)16-6-3-9(15-16)7-14-5-4-10(11,12)13/h3,6,8,14H,4-5,7H2,1-2H3. The molecule has 0 aliphatic heterocycles. The van der Waals surface area contributed by atoms with Gasteiger partial charge in [0.05, 0.1) is 12.1 Å². The summed E-state index contributed by atoms with van der Waals surface area (Å²) in [6.07, 6.45) is -3.08. The average Bonchev–Trinajstić information content (AvgIpc) is 2.59. The van der Waals surface area contributed by atoms with E-state index < -0.39 is 12.6 Å². The highest BCUT2D eigenvalue weighted by molar-refractivity contribution is 4.98. The topological polar surface area (TPSA) is 29.9 Å². The number of hydrogen-bond acceptors (Lipinski definition) is 2. The fraction of sp³-hybridized carbons (Fsp3) is 0.700. The molecule has 0 radical (unpaired) electrons. The van der Waals surface area contributed by atoms with Crippen LogP contribution in [0.3, 0.4) is 0 Å². The molecule has 0 bridgehead atoms. The van der Waals surface area contributed by atoms with Crippen LogP contribution >= 0.6 is 0 Å². The number of hydrogen-bond donors (Lipinski definition) is 1. The number of halogens is 3. The predicted molar refractivity (Wildman–Crippen MR) is 55.0 cm³/mol. The van der Waals surface area contributed by atoms with Crippen molar-refractivity contribution in [3.8, 4) is 0 Å². The van der Waals surface area contributed by atoms with E-state index in [0.717, 1.165) is 5.69 Å². The molecule has 0 saturated heterocycles. The minimum absolute atomic E-state index is 0.0714. The van der Waals surface area contributed by atoms with Crippen molar-refractivity contribution in [1.82, 2.24) is 15.1 Å². The molecule has 1 aromatic heterocycles. The Hall–Kier alpha value is -1.04. The molecule has 3 nitrogen and oxygen atoms in total. The molecule has 0 aliphatic rings. The Bertz CT molecular complexity index is 317. The highest BCUT2D eigenvalue weighted by atomic mass is 19.4. The zero-order valence-corrected chi connectivity index (χ0v) is 9.38. The lowest BCUT2D eigenvalue weighted by atomic mass is 10.4. The van der Waals surface area contributed by atoms with Crippen LogP contribution in [0.5, 0.6) is 0 Å². The van der Waals surface area contributed by atoms with Gasteiger partial charge < -0.3 is 5.32 Å². The molecule has 0 amide bonds. The maximum atomic E-state index is 11.8. The SMILES string of the molecule is CC(C)n1ccc(CNCCC(F)(F)F)n1. The van der Waals surface area contributed by atoms with Crippen LogP contribution in [-0.4, -0.2) is 22.5 Å². The van der Waals surface area contributed by atoms with E-state index in [0.29, 0.717) is 6.54 Å². The normalized spacial score (nSPS) is 12.4. The number of rotatable bonds is 5. The predicted octanol–water partition coefficient (Wildman–Crippen LogP) is 2.51. The zero-order valence-electron chi connectivity index (χ0n) is 9.38. The highest BCUT2D eigenvalue weighted by Crippen LogP contribution is 2.18. The number of nitrogens with one attached hydrogen (secondary N) is 1. The summed E-state index contributed by atoms with van der Waals surface area (Å²) in [5, 5.41) is 6.93. The summed E-state index contributed by atoms with van der Waals surface area (Å²) in [6, 6.07) is 2.07. The quantitative estimate of drug-likeness (QED) is 0.795. The maximum Gasteiger partial charge on any atom is 0.390 e. The Morgan fingerprint density at radius 2 is 2.12 bits per heavy atom. The van der Waals surface area contributed by atoms with E-state index in [1.54, 1.807) is 10.7 Å². The van der Waals surface area contributed by atoms with Gasteiger partial charge in [0.1, 0.15) is 0 Å². The lowest BCUT2D eigenvalue weighted by molar-refractivity contribution is -0.133. The molecule has 6 heteroatoms. The third-order valence-electron chi connectivity index (χ3n) is 2.08. The summed E-state index contributed by atoms with van der Waals surface area (Å²) < 4.78 is 37.3. The highest BCUT2D eigenvalue weighted by Gasteiger charge is 2.25. The first-order valence-electron chi connectivity index (χ1n) is 5.20. The van der Waals surface area contributed by atoms with Crippen molar-refractivity contribution in [3.63, 3.8) is 0 Å². The van der Waals surface area contributed by atoms with Gasteiger partial charge in [-0.15, -0.1) is 0 Å². The molecule has 1 N–H and O–H groups in total. The molecular weight excluding hydrogens is 219 g/mol. The minimum Gasteiger partial charge on any atom is -0.311 e. The molecule has 0 atom stereocenters. The maximum absolute atomic E-state index is 11.8. The summed E-state index contributed by atoms with van der Waals surface area (Å²) in [5.74, 6) is 0. The second-order valence-electron chi connectivity index (χ2n) is 3.92. The van der Waals surface area contributed by atoms with Gasteiger partial charge in [-0.2, -0.15) is 18.3 Å². The Kier molecular flexibility index (Phi) is 4.35. The molecule has 0 spiro atoms. The summed E-state index contributed by atoms with van der Waals surface area (Å²) in [7, 11) is 0. The van der Waals surface area contributed by atoms with Gasteiger partial charge in [-0.1, -0.05) is 0 Å². The van der Waals surface area contributed by atoms with Crippen LogP contribution in [0.4, 0.5) is 13.2 Å². The molecule has 16 heavy (non-hydrogen) atoms. The molecule has 1 heterocycles. The van der Waals surface area contributed by atoms with Crippen LogP contribution in [0, 0.1) is 0 Å². The largest absolute Gasteiger partial charge is 0.390 e. The fourth-order valence-corrected chi connectivity index (χ4v) is 1.21. The van der Waals surface area contributed by atoms with Crippen LogP contribution in [0.25, 0.3) is 0 Å². The van der Waals surface area contributed by atoms with Crippen molar-refractivity contribution in [3.05, 3.63) is 18.0 Å². The first kappa shape index (κ1) is 13.0. The van der Waals surface area contributed by atoms with E-state index >= 15 is 0 Å². The van der Waals surface area contributed by atoms with Crippen molar-refractivity contribution in [2.75, 3.05) is 6.54 Å². The van der Waals surface area contributed by atoms with Crippen molar-refractivity contribution < 1.29 is 13.2 Å². The molecule has 0 aliphatic carbocycles. The van der Waals surface area contributed by atoms with Crippen LogP contribution < -0.4 is 5.32 Å². The van der Waals surface area contributed by atoms with Gasteiger partial charge in [-0.3, -0.25) is 4.68 Å². The van der Waals surface area contributed by atoms with Crippen LogP contribution in [-0.2, 0) is 6.54 Å². The Morgan fingerprint density at radius 1 is 1.44 bits per heavy atom. The molecule has 1 aromatic rings. The van der Waals surface area contributed by atoms with Gasteiger partial charge in [0.25, 0.3) is 0 Å². The summed E-state index contributed by atoms with van der Waals surface area (Å²) in [5.41, 5.74) is 0.760. The molecular formula is C10H16F3N3. The van der Waals surface area contributed by atoms with E-state index in [1.165, 1.54) is 0 Å². The van der Waals surface area contributed by atoms with E-state index in [1.807, 2.05) is 20.0 Å². The monoisotopic (exact) mass is 235 g/mol. The number of alkyl halides is 3. The third-order valence-corrected chi connectivity index (χ3v) is 2.08. The van der Waals surface area contributed by atoms with Gasteiger partial charge in [0, 0.05) is 25.3 Å². The smallest absolute Gasteiger partial charge is 0.311 e. The minimum atomic E-state index is -4.09. The van der Waals surface area contributed by atoms with Crippen LogP contribution in [0.2, 0.25) is 0 Å². The second kappa shape index (κ2) is 5.34. The van der Waals surface area contributed by atoms with Crippen molar-refractivity contribution in [1.29, 1.82) is 0 Å². The Morgan fingerprint density at radius 3 is 2.62 bits per heavy atom. The number of nitrogens with zero attached hydrogens (tertiary/aromatic N) is 2. The first-order valence-corrected chi connectivity index (χ1v) is 5.20. The van der Waals surface area contributed by atoms with Crippen LogP contribution in [0.15, 0.2) is 12.3 Å². The first-order chi connectivity index (χ1) is 7.38. The lowest BCUT2D eigenvalue weighted by Gasteiger charge is -2.06.